The first-order valence-electron chi connectivity index (χ1n) is 6.47. The number of carboxylic acids is 1. The number of aliphatic carboxylic acids is 1. The minimum atomic E-state index is -0.866. The first-order chi connectivity index (χ1) is 8.23. The molecule has 0 aliphatic carbocycles. The largest absolute Gasteiger partial charge is 0.481 e. The van der Waals surface area contributed by atoms with E-state index in [4.69, 9.17) is 5.11 Å². The van der Waals surface area contributed by atoms with Gasteiger partial charge in [0.05, 0.1) is 6.42 Å². The minimum Gasteiger partial charge on any atom is -0.481 e. The number of hydrogen-bond acceptors (Lipinski definition) is 3. The molecule has 0 aromatic rings. The Morgan fingerprint density at radius 2 is 1.94 bits per heavy atom. The summed E-state index contributed by atoms with van der Waals surface area (Å²) < 4.78 is 0. The standard InChI is InChI=1S/C13H24N2O3/c1-9(10-7-14-8-10)12(18)15(13(2,3)4)6-5-11(16)17/h9-10,14H,5-8H2,1-4H3,(H,16,17). The molecule has 104 valence electrons. The second kappa shape index (κ2) is 5.69. The van der Waals surface area contributed by atoms with Crippen LogP contribution >= 0.6 is 0 Å². The second-order valence-electron chi connectivity index (χ2n) is 6.01. The summed E-state index contributed by atoms with van der Waals surface area (Å²) in [5.74, 6) is -0.461. The summed E-state index contributed by atoms with van der Waals surface area (Å²) in [6.07, 6.45) is -0.00134. The van der Waals surface area contributed by atoms with Crippen LogP contribution in [0.3, 0.4) is 0 Å². The van der Waals surface area contributed by atoms with E-state index in [0.717, 1.165) is 13.1 Å². The fraction of sp³-hybridized carbons (Fsp3) is 0.846. The summed E-state index contributed by atoms with van der Waals surface area (Å²) in [7, 11) is 0. The van der Waals surface area contributed by atoms with Gasteiger partial charge in [0.15, 0.2) is 0 Å². The number of hydrogen-bond donors (Lipinski definition) is 2. The topological polar surface area (TPSA) is 69.6 Å². The SMILES string of the molecule is CC(C(=O)N(CCC(=O)O)C(C)(C)C)C1CNC1. The molecule has 18 heavy (non-hydrogen) atoms. The quantitative estimate of drug-likeness (QED) is 0.768. The molecule has 0 saturated carbocycles. The average Bonchev–Trinajstić information content (AvgIpc) is 2.11. The molecule has 0 aromatic carbocycles. The van der Waals surface area contributed by atoms with E-state index >= 15 is 0 Å². The van der Waals surface area contributed by atoms with Gasteiger partial charge in [-0.15, -0.1) is 0 Å². The summed E-state index contributed by atoms with van der Waals surface area (Å²) in [6, 6.07) is 0. The van der Waals surface area contributed by atoms with Crippen molar-refractivity contribution in [3.05, 3.63) is 0 Å². The number of carbonyl (C=O) groups excluding carboxylic acids is 1. The highest BCUT2D eigenvalue weighted by Crippen LogP contribution is 2.23. The van der Waals surface area contributed by atoms with Gasteiger partial charge in [0.1, 0.15) is 0 Å². The van der Waals surface area contributed by atoms with Crippen molar-refractivity contribution < 1.29 is 14.7 Å². The number of carbonyl (C=O) groups is 2. The Labute approximate surface area is 109 Å². The van der Waals surface area contributed by atoms with Crippen LogP contribution in [-0.4, -0.2) is 47.1 Å². The van der Waals surface area contributed by atoms with Gasteiger partial charge in [-0.05, 0) is 39.8 Å². The monoisotopic (exact) mass is 256 g/mol. The number of nitrogens with one attached hydrogen (secondary N) is 1. The number of amides is 1. The number of nitrogens with zero attached hydrogens (tertiary/aromatic N) is 1. The molecule has 1 unspecified atom stereocenters. The zero-order valence-electron chi connectivity index (χ0n) is 11.7. The summed E-state index contributed by atoms with van der Waals surface area (Å²) in [5.41, 5.74) is -0.335. The maximum Gasteiger partial charge on any atom is 0.305 e. The lowest BCUT2D eigenvalue weighted by atomic mass is 9.86. The van der Waals surface area contributed by atoms with Crippen molar-refractivity contribution in [1.29, 1.82) is 0 Å². The lowest BCUT2D eigenvalue weighted by Crippen LogP contribution is -2.54. The predicted octanol–water partition coefficient (Wildman–Crippen LogP) is 0.944. The van der Waals surface area contributed by atoms with Gasteiger partial charge in [0.2, 0.25) is 5.91 Å². The molecule has 5 nitrogen and oxygen atoms in total. The van der Waals surface area contributed by atoms with Crippen molar-refractivity contribution in [2.24, 2.45) is 11.8 Å². The fourth-order valence-electron chi connectivity index (χ4n) is 2.10. The Bertz CT molecular complexity index is 319. The maximum atomic E-state index is 12.4. The molecule has 1 rings (SSSR count). The molecule has 1 heterocycles. The van der Waals surface area contributed by atoms with Crippen molar-refractivity contribution in [2.45, 2.75) is 39.7 Å². The lowest BCUT2D eigenvalue weighted by molar-refractivity contribution is -0.144. The normalized spacial score (nSPS) is 18.0. The van der Waals surface area contributed by atoms with Crippen molar-refractivity contribution in [1.82, 2.24) is 10.2 Å². The summed E-state index contributed by atoms with van der Waals surface area (Å²) in [5, 5.41) is 11.9. The maximum absolute atomic E-state index is 12.4. The van der Waals surface area contributed by atoms with E-state index in [9.17, 15) is 9.59 Å². The molecule has 1 atom stereocenters. The van der Waals surface area contributed by atoms with E-state index in [0.29, 0.717) is 5.92 Å². The zero-order valence-corrected chi connectivity index (χ0v) is 11.7. The fourth-order valence-corrected chi connectivity index (χ4v) is 2.10. The molecule has 0 bridgehead atoms. The van der Waals surface area contributed by atoms with E-state index in [1.807, 2.05) is 27.7 Å². The minimum absolute atomic E-state index is 0.00134. The molecular formula is C13H24N2O3. The van der Waals surface area contributed by atoms with Gasteiger partial charge in [-0.2, -0.15) is 0 Å². The Morgan fingerprint density at radius 1 is 1.39 bits per heavy atom. The van der Waals surface area contributed by atoms with Crippen LogP contribution in [0.15, 0.2) is 0 Å². The highest BCUT2D eigenvalue weighted by Gasteiger charge is 2.35. The molecule has 1 aliphatic heterocycles. The van der Waals surface area contributed by atoms with E-state index < -0.39 is 5.97 Å². The second-order valence-corrected chi connectivity index (χ2v) is 6.01. The van der Waals surface area contributed by atoms with Gasteiger partial charge < -0.3 is 15.3 Å². The lowest BCUT2D eigenvalue weighted by Gasteiger charge is -2.40. The molecule has 0 spiro atoms. The van der Waals surface area contributed by atoms with E-state index in [1.165, 1.54) is 0 Å². The number of rotatable bonds is 5. The number of carboxylic acid groups (broad SMARTS) is 1. The molecule has 0 aromatic heterocycles. The van der Waals surface area contributed by atoms with Gasteiger partial charge in [0, 0.05) is 18.0 Å². The predicted molar refractivity (Wildman–Crippen MR) is 69.2 cm³/mol. The van der Waals surface area contributed by atoms with Crippen LogP contribution in [0.25, 0.3) is 0 Å². The van der Waals surface area contributed by atoms with Gasteiger partial charge in [-0.3, -0.25) is 9.59 Å². The third-order valence-corrected chi connectivity index (χ3v) is 3.53. The Balaban J connectivity index is 2.68. The first-order valence-corrected chi connectivity index (χ1v) is 6.47. The zero-order chi connectivity index (χ0) is 13.9. The van der Waals surface area contributed by atoms with Crippen LogP contribution in [0.2, 0.25) is 0 Å². The molecule has 1 amide bonds. The van der Waals surface area contributed by atoms with E-state index in [-0.39, 0.29) is 30.3 Å². The molecule has 1 fully saturated rings. The van der Waals surface area contributed by atoms with Crippen LogP contribution in [0, 0.1) is 11.8 Å². The molecule has 1 aliphatic rings. The first kappa shape index (κ1) is 15.0. The van der Waals surface area contributed by atoms with Crippen LogP contribution in [0.1, 0.15) is 34.1 Å². The van der Waals surface area contributed by atoms with Gasteiger partial charge in [-0.25, -0.2) is 0 Å². The van der Waals surface area contributed by atoms with Crippen molar-refractivity contribution in [3.8, 4) is 0 Å². The van der Waals surface area contributed by atoms with Gasteiger partial charge >= 0.3 is 5.97 Å². The molecular weight excluding hydrogens is 232 g/mol. The highest BCUT2D eigenvalue weighted by atomic mass is 16.4. The molecule has 1 saturated heterocycles. The van der Waals surface area contributed by atoms with Crippen LogP contribution < -0.4 is 5.32 Å². The smallest absolute Gasteiger partial charge is 0.305 e. The third kappa shape index (κ3) is 3.70. The van der Waals surface area contributed by atoms with Crippen molar-refractivity contribution in [2.75, 3.05) is 19.6 Å². The molecule has 2 N–H and O–H groups in total. The highest BCUT2D eigenvalue weighted by molar-refractivity contribution is 5.80. The van der Waals surface area contributed by atoms with Crippen LogP contribution in [0.4, 0.5) is 0 Å². The van der Waals surface area contributed by atoms with Gasteiger partial charge in [0.25, 0.3) is 0 Å². The Kier molecular flexibility index (Phi) is 4.73. The van der Waals surface area contributed by atoms with Gasteiger partial charge in [-0.1, -0.05) is 6.92 Å². The van der Waals surface area contributed by atoms with Crippen LogP contribution in [-0.2, 0) is 9.59 Å². The Morgan fingerprint density at radius 3 is 2.28 bits per heavy atom. The van der Waals surface area contributed by atoms with E-state index in [1.54, 1.807) is 4.90 Å². The van der Waals surface area contributed by atoms with E-state index in [2.05, 4.69) is 5.32 Å². The summed E-state index contributed by atoms with van der Waals surface area (Å²) in [6.45, 7) is 9.80. The molecule has 0 radical (unpaired) electrons. The summed E-state index contributed by atoms with van der Waals surface area (Å²) in [4.78, 5) is 24.8. The molecule has 5 heteroatoms. The average molecular weight is 256 g/mol. The third-order valence-electron chi connectivity index (χ3n) is 3.53. The Hall–Kier alpha value is -1.10. The van der Waals surface area contributed by atoms with Crippen molar-refractivity contribution in [3.63, 3.8) is 0 Å². The summed E-state index contributed by atoms with van der Waals surface area (Å²) >= 11 is 0. The van der Waals surface area contributed by atoms with Crippen LogP contribution in [0.5, 0.6) is 0 Å². The van der Waals surface area contributed by atoms with Crippen molar-refractivity contribution >= 4 is 11.9 Å².